The second kappa shape index (κ2) is 8.05. The van der Waals surface area contributed by atoms with E-state index in [1.807, 2.05) is 63.4 Å². The number of nitrogens with zero attached hydrogens (tertiary/aromatic N) is 5. The number of fused-ring (bicyclic) bond motifs is 1. The van der Waals surface area contributed by atoms with E-state index in [2.05, 4.69) is 21.3 Å². The summed E-state index contributed by atoms with van der Waals surface area (Å²) in [6.45, 7) is 4.07. The van der Waals surface area contributed by atoms with Crippen molar-refractivity contribution in [1.29, 1.82) is 5.26 Å². The van der Waals surface area contributed by atoms with Gasteiger partial charge in [0.1, 0.15) is 17.4 Å². The van der Waals surface area contributed by atoms with Crippen molar-refractivity contribution in [2.24, 2.45) is 7.05 Å². The smallest absolute Gasteiger partial charge is 0.277 e. The fourth-order valence-electron chi connectivity index (χ4n) is 3.07. The number of aryl methyl sites for hydroxylation is 3. The molecule has 4 aromatic rings. The first-order chi connectivity index (χ1) is 14.5. The maximum absolute atomic E-state index is 10.6. The number of imidazole rings is 1. The van der Waals surface area contributed by atoms with Crippen molar-refractivity contribution >= 4 is 28.4 Å². The average molecular weight is 417 g/mol. The number of para-hydroxylation sites is 2. The lowest BCUT2D eigenvalue weighted by molar-refractivity contribution is 0.418. The van der Waals surface area contributed by atoms with Crippen molar-refractivity contribution in [1.82, 2.24) is 19.7 Å². The van der Waals surface area contributed by atoms with E-state index in [4.69, 9.17) is 4.42 Å². The number of allylic oxidation sites excluding steroid dienone is 1. The number of nitriles is 1. The molecule has 0 amide bonds. The summed E-state index contributed by atoms with van der Waals surface area (Å²) in [5, 5.41) is 28.6. The summed E-state index contributed by atoms with van der Waals surface area (Å²) in [4.78, 5) is 4.48. The number of aromatic nitrogens is 4. The Bertz CT molecular complexity index is 1310. The van der Waals surface area contributed by atoms with E-state index < -0.39 is 0 Å². The fraction of sp³-hybridized carbons (Fsp3) is 0.182. The normalized spacial score (nSPS) is 12.1. The van der Waals surface area contributed by atoms with Gasteiger partial charge in [-0.1, -0.05) is 30.0 Å². The summed E-state index contributed by atoms with van der Waals surface area (Å²) in [6, 6.07) is 15.6. The van der Waals surface area contributed by atoms with Crippen LogP contribution in [0.15, 0.2) is 57.9 Å². The Balaban J connectivity index is 1.55. The van der Waals surface area contributed by atoms with Gasteiger partial charge in [-0.25, -0.2) is 4.98 Å². The van der Waals surface area contributed by atoms with Crippen LogP contribution in [0.3, 0.4) is 0 Å². The third kappa shape index (κ3) is 3.67. The maximum Gasteiger partial charge on any atom is 0.277 e. The van der Waals surface area contributed by atoms with Gasteiger partial charge in [0, 0.05) is 12.6 Å². The van der Waals surface area contributed by atoms with E-state index in [1.54, 1.807) is 4.57 Å². The molecule has 150 valence electrons. The Kier molecular flexibility index (Phi) is 5.29. The zero-order valence-electron chi connectivity index (χ0n) is 16.7. The largest absolute Gasteiger partial charge is 0.510 e. The van der Waals surface area contributed by atoms with Crippen molar-refractivity contribution in [2.75, 3.05) is 5.75 Å². The van der Waals surface area contributed by atoms with Crippen LogP contribution in [0, 0.1) is 25.2 Å². The predicted molar refractivity (Wildman–Crippen MR) is 116 cm³/mol. The van der Waals surface area contributed by atoms with Crippen LogP contribution < -0.4 is 0 Å². The van der Waals surface area contributed by atoms with Gasteiger partial charge >= 0.3 is 0 Å². The van der Waals surface area contributed by atoms with Gasteiger partial charge in [-0.15, -0.1) is 10.2 Å². The highest BCUT2D eigenvalue weighted by Crippen LogP contribution is 2.28. The molecule has 0 aliphatic heterocycles. The van der Waals surface area contributed by atoms with Crippen molar-refractivity contribution in [3.05, 3.63) is 65.2 Å². The number of aliphatic hydroxyl groups is 1. The van der Waals surface area contributed by atoms with Crippen LogP contribution in [0.5, 0.6) is 0 Å². The van der Waals surface area contributed by atoms with Crippen molar-refractivity contribution in [3.63, 3.8) is 0 Å². The molecule has 2 aromatic heterocycles. The molecular weight excluding hydrogens is 398 g/mol. The second-order valence-corrected chi connectivity index (χ2v) is 7.80. The van der Waals surface area contributed by atoms with E-state index in [0.717, 1.165) is 22.2 Å². The zero-order valence-corrected chi connectivity index (χ0v) is 17.6. The van der Waals surface area contributed by atoms with Gasteiger partial charge < -0.3 is 14.1 Å². The molecule has 4 rings (SSSR count). The van der Waals surface area contributed by atoms with Crippen LogP contribution >= 0.6 is 11.8 Å². The highest BCUT2D eigenvalue weighted by atomic mass is 32.2. The molecule has 0 bridgehead atoms. The Morgan fingerprint density at radius 2 is 1.97 bits per heavy atom. The molecule has 0 saturated carbocycles. The summed E-state index contributed by atoms with van der Waals surface area (Å²) in [7, 11) is 1.82. The zero-order chi connectivity index (χ0) is 21.3. The van der Waals surface area contributed by atoms with E-state index in [-0.39, 0.29) is 17.1 Å². The molecule has 2 heterocycles. The molecular formula is C22H19N5O2S. The third-order valence-electron chi connectivity index (χ3n) is 4.90. The quantitative estimate of drug-likeness (QED) is 0.282. The average Bonchev–Trinajstić information content (AvgIpc) is 3.35. The maximum atomic E-state index is 10.6. The monoisotopic (exact) mass is 417 g/mol. The highest BCUT2D eigenvalue weighted by Gasteiger charge is 2.18. The molecule has 0 atom stereocenters. The van der Waals surface area contributed by atoms with Crippen molar-refractivity contribution in [3.8, 4) is 17.5 Å². The standard InChI is InChI=1S/C22H19N5O2S/c1-13-8-9-15(10-14(13)2)21-25-26-22(29-21)30-12-19(28)16(11-23)20-24-17-6-4-5-7-18(17)27(20)3/h4-10,28H,12H2,1-3H3/b19-16-. The van der Waals surface area contributed by atoms with Gasteiger partial charge in [-0.2, -0.15) is 5.26 Å². The van der Waals surface area contributed by atoms with Crippen molar-refractivity contribution in [2.45, 2.75) is 19.1 Å². The van der Waals surface area contributed by atoms with E-state index in [0.29, 0.717) is 16.9 Å². The summed E-state index contributed by atoms with van der Waals surface area (Å²) in [6.07, 6.45) is 0. The Labute approximate surface area is 177 Å². The van der Waals surface area contributed by atoms with Gasteiger partial charge in [0.15, 0.2) is 5.82 Å². The second-order valence-electron chi connectivity index (χ2n) is 6.88. The molecule has 0 fully saturated rings. The molecule has 0 saturated heterocycles. The van der Waals surface area contributed by atoms with Crippen LogP contribution in [0.25, 0.3) is 28.1 Å². The molecule has 8 heteroatoms. The number of benzene rings is 2. The van der Waals surface area contributed by atoms with E-state index in [1.165, 1.54) is 17.3 Å². The minimum absolute atomic E-state index is 0.0909. The fourth-order valence-corrected chi connectivity index (χ4v) is 3.72. The summed E-state index contributed by atoms with van der Waals surface area (Å²) in [5.74, 6) is 0.852. The molecule has 0 aliphatic carbocycles. The lowest BCUT2D eigenvalue weighted by Gasteiger charge is -2.04. The lowest BCUT2D eigenvalue weighted by atomic mass is 10.1. The topological polar surface area (TPSA) is 101 Å². The summed E-state index contributed by atoms with van der Waals surface area (Å²) < 4.78 is 7.50. The number of aliphatic hydroxyl groups excluding tert-OH is 1. The highest BCUT2D eigenvalue weighted by molar-refractivity contribution is 7.99. The molecule has 1 N–H and O–H groups in total. The van der Waals surface area contributed by atoms with Crippen LogP contribution in [0.2, 0.25) is 0 Å². The molecule has 7 nitrogen and oxygen atoms in total. The van der Waals surface area contributed by atoms with Crippen LogP contribution in [-0.4, -0.2) is 30.6 Å². The van der Waals surface area contributed by atoms with Crippen molar-refractivity contribution < 1.29 is 9.52 Å². The molecule has 2 aromatic carbocycles. The Morgan fingerprint density at radius 1 is 1.17 bits per heavy atom. The van der Waals surface area contributed by atoms with E-state index >= 15 is 0 Å². The molecule has 0 spiro atoms. The summed E-state index contributed by atoms with van der Waals surface area (Å²) in [5.41, 5.74) is 4.94. The first kappa shape index (κ1) is 19.7. The number of hydrogen-bond donors (Lipinski definition) is 1. The minimum Gasteiger partial charge on any atom is -0.510 e. The number of thioether (sulfide) groups is 1. The first-order valence-electron chi connectivity index (χ1n) is 9.26. The summed E-state index contributed by atoms with van der Waals surface area (Å²) >= 11 is 1.17. The number of hydrogen-bond acceptors (Lipinski definition) is 7. The van der Waals surface area contributed by atoms with Crippen LogP contribution in [0.1, 0.15) is 17.0 Å². The van der Waals surface area contributed by atoms with Gasteiger partial charge in [0.05, 0.1) is 16.8 Å². The van der Waals surface area contributed by atoms with E-state index in [9.17, 15) is 10.4 Å². The Hall–Kier alpha value is -3.57. The van der Waals surface area contributed by atoms with Gasteiger partial charge in [0.2, 0.25) is 5.89 Å². The van der Waals surface area contributed by atoms with Crippen LogP contribution in [-0.2, 0) is 7.05 Å². The van der Waals surface area contributed by atoms with Crippen LogP contribution in [0.4, 0.5) is 0 Å². The first-order valence-corrected chi connectivity index (χ1v) is 10.2. The predicted octanol–water partition coefficient (Wildman–Crippen LogP) is 4.83. The molecule has 30 heavy (non-hydrogen) atoms. The van der Waals surface area contributed by atoms with Gasteiger partial charge in [-0.3, -0.25) is 0 Å². The third-order valence-corrected chi connectivity index (χ3v) is 5.73. The molecule has 0 radical (unpaired) electrons. The minimum atomic E-state index is -0.0909. The molecule has 0 unspecified atom stereocenters. The SMILES string of the molecule is Cc1ccc(-c2nnc(SC/C(O)=C(\C#N)c3nc4ccccc4n3C)o2)cc1C. The lowest BCUT2D eigenvalue weighted by Crippen LogP contribution is -2.00. The van der Waals surface area contributed by atoms with Gasteiger partial charge in [0.25, 0.3) is 5.22 Å². The number of rotatable bonds is 5. The Morgan fingerprint density at radius 3 is 2.70 bits per heavy atom. The molecule has 0 aliphatic rings. The van der Waals surface area contributed by atoms with Gasteiger partial charge in [-0.05, 0) is 49.2 Å².